The van der Waals surface area contributed by atoms with Crippen molar-refractivity contribution in [3.63, 3.8) is 0 Å². The molecule has 7 nitrogen and oxygen atoms in total. The first-order valence-electron chi connectivity index (χ1n) is 7.63. The van der Waals surface area contributed by atoms with E-state index in [1.807, 2.05) is 11.0 Å². The summed E-state index contributed by atoms with van der Waals surface area (Å²) >= 11 is 0. The molecular weight excluding hydrogens is 296 g/mol. The van der Waals surface area contributed by atoms with Crippen LogP contribution in [0.3, 0.4) is 0 Å². The fourth-order valence-electron chi connectivity index (χ4n) is 2.66. The molecule has 0 aliphatic carbocycles. The highest BCUT2D eigenvalue weighted by molar-refractivity contribution is 5.97. The molecule has 0 saturated carbocycles. The number of aromatic nitrogens is 3. The Morgan fingerprint density at radius 2 is 2.39 bits per heavy atom. The molecule has 2 aromatic rings. The fraction of sp³-hybridized carbons (Fsp3) is 0.438. The summed E-state index contributed by atoms with van der Waals surface area (Å²) in [7, 11) is 1.67. The molecule has 2 aromatic heterocycles. The zero-order chi connectivity index (χ0) is 16.1. The number of morpholine rings is 1. The van der Waals surface area contributed by atoms with Crippen LogP contribution in [0, 0.1) is 0 Å². The number of nitrogens with zero attached hydrogens (tertiary/aromatic N) is 4. The first kappa shape index (κ1) is 15.6. The summed E-state index contributed by atoms with van der Waals surface area (Å²) in [4.78, 5) is 18.8. The van der Waals surface area contributed by atoms with Crippen LogP contribution in [0.25, 0.3) is 5.69 Å². The van der Waals surface area contributed by atoms with Crippen LogP contribution in [-0.4, -0.2) is 65.1 Å². The summed E-state index contributed by atoms with van der Waals surface area (Å²) in [5.74, 6) is -0.0244. The van der Waals surface area contributed by atoms with E-state index in [0.29, 0.717) is 37.6 Å². The van der Waals surface area contributed by atoms with Gasteiger partial charge in [-0.1, -0.05) is 0 Å². The molecule has 0 aromatic carbocycles. The summed E-state index contributed by atoms with van der Waals surface area (Å²) in [5.41, 5.74) is 1.28. The number of pyridine rings is 1. The van der Waals surface area contributed by atoms with Crippen molar-refractivity contribution in [3.8, 4) is 5.69 Å². The van der Waals surface area contributed by atoms with Crippen molar-refractivity contribution in [3.05, 3.63) is 42.5 Å². The fourth-order valence-corrected chi connectivity index (χ4v) is 2.66. The van der Waals surface area contributed by atoms with Crippen LogP contribution in [0.5, 0.6) is 0 Å². The Bertz CT molecular complexity index is 645. The van der Waals surface area contributed by atoms with Crippen molar-refractivity contribution >= 4 is 5.91 Å². The SMILES string of the molecule is COCCC1CN(C(=O)c2ccncc2-n2cccn2)CCO1. The van der Waals surface area contributed by atoms with Gasteiger partial charge in [0.2, 0.25) is 0 Å². The van der Waals surface area contributed by atoms with E-state index in [1.54, 1.807) is 42.6 Å². The van der Waals surface area contributed by atoms with Crippen molar-refractivity contribution < 1.29 is 14.3 Å². The molecular formula is C16H20N4O3. The minimum Gasteiger partial charge on any atom is -0.385 e. The smallest absolute Gasteiger partial charge is 0.256 e. The molecule has 1 saturated heterocycles. The highest BCUT2D eigenvalue weighted by atomic mass is 16.5. The van der Waals surface area contributed by atoms with Crippen molar-refractivity contribution in [2.75, 3.05) is 33.4 Å². The van der Waals surface area contributed by atoms with Gasteiger partial charge in [-0.25, -0.2) is 4.68 Å². The number of carbonyl (C=O) groups is 1. The minimum absolute atomic E-state index is 0.0163. The summed E-state index contributed by atoms with van der Waals surface area (Å²) < 4.78 is 12.4. The zero-order valence-corrected chi connectivity index (χ0v) is 13.1. The maximum absolute atomic E-state index is 12.9. The minimum atomic E-state index is -0.0244. The predicted octanol–water partition coefficient (Wildman–Crippen LogP) is 1.14. The highest BCUT2D eigenvalue weighted by Crippen LogP contribution is 2.17. The maximum atomic E-state index is 12.9. The third kappa shape index (κ3) is 3.57. The Morgan fingerprint density at radius 3 is 3.17 bits per heavy atom. The van der Waals surface area contributed by atoms with Gasteiger partial charge in [0, 0.05) is 45.4 Å². The van der Waals surface area contributed by atoms with E-state index in [2.05, 4.69) is 10.1 Å². The van der Waals surface area contributed by atoms with E-state index >= 15 is 0 Å². The molecule has 1 unspecified atom stereocenters. The second-order valence-corrected chi connectivity index (χ2v) is 5.37. The number of carbonyl (C=O) groups excluding carboxylic acids is 1. The van der Waals surface area contributed by atoms with Crippen LogP contribution in [0.15, 0.2) is 36.9 Å². The third-order valence-electron chi connectivity index (χ3n) is 3.85. The average molecular weight is 316 g/mol. The monoisotopic (exact) mass is 316 g/mol. The topological polar surface area (TPSA) is 69.5 Å². The van der Waals surface area contributed by atoms with E-state index in [1.165, 1.54) is 0 Å². The van der Waals surface area contributed by atoms with Gasteiger partial charge < -0.3 is 14.4 Å². The Labute approximate surface area is 134 Å². The zero-order valence-electron chi connectivity index (χ0n) is 13.1. The lowest BCUT2D eigenvalue weighted by atomic mass is 10.1. The van der Waals surface area contributed by atoms with Crippen molar-refractivity contribution in [1.29, 1.82) is 0 Å². The highest BCUT2D eigenvalue weighted by Gasteiger charge is 2.26. The molecule has 3 heterocycles. The molecule has 7 heteroatoms. The Balaban J connectivity index is 1.78. The van der Waals surface area contributed by atoms with Crippen LogP contribution in [-0.2, 0) is 9.47 Å². The molecule has 1 fully saturated rings. The number of methoxy groups -OCH3 is 1. The summed E-state index contributed by atoms with van der Waals surface area (Å²) in [6, 6.07) is 3.55. The number of hydrogen-bond donors (Lipinski definition) is 0. The molecule has 0 radical (unpaired) electrons. The molecule has 1 amide bonds. The van der Waals surface area contributed by atoms with Crippen molar-refractivity contribution in [2.24, 2.45) is 0 Å². The Morgan fingerprint density at radius 1 is 1.48 bits per heavy atom. The van der Waals surface area contributed by atoms with E-state index in [-0.39, 0.29) is 12.0 Å². The van der Waals surface area contributed by atoms with Crippen LogP contribution >= 0.6 is 0 Å². The van der Waals surface area contributed by atoms with Gasteiger partial charge in [-0.15, -0.1) is 0 Å². The molecule has 1 aliphatic heterocycles. The predicted molar refractivity (Wildman–Crippen MR) is 83.5 cm³/mol. The van der Waals surface area contributed by atoms with E-state index in [0.717, 1.165) is 6.42 Å². The van der Waals surface area contributed by atoms with Crippen LogP contribution in [0.1, 0.15) is 16.8 Å². The Hall–Kier alpha value is -2.25. The largest absolute Gasteiger partial charge is 0.385 e. The normalized spacial score (nSPS) is 18.1. The number of hydrogen-bond acceptors (Lipinski definition) is 5. The average Bonchev–Trinajstić information content (AvgIpc) is 3.14. The molecule has 1 atom stereocenters. The molecule has 0 N–H and O–H groups in total. The molecule has 1 aliphatic rings. The molecule has 3 rings (SSSR count). The van der Waals surface area contributed by atoms with Gasteiger partial charge in [0.05, 0.1) is 30.2 Å². The molecule has 0 bridgehead atoms. The van der Waals surface area contributed by atoms with Gasteiger partial charge in [-0.3, -0.25) is 9.78 Å². The van der Waals surface area contributed by atoms with Crippen molar-refractivity contribution in [2.45, 2.75) is 12.5 Å². The lowest BCUT2D eigenvalue weighted by Gasteiger charge is -2.33. The standard InChI is InChI=1S/C16H20N4O3/c1-22-9-4-13-12-19(8-10-23-13)16(21)14-3-6-17-11-15(14)20-7-2-5-18-20/h2-3,5-7,11,13H,4,8-10,12H2,1H3. The summed E-state index contributed by atoms with van der Waals surface area (Å²) in [6.07, 6.45) is 7.56. The quantitative estimate of drug-likeness (QED) is 0.827. The van der Waals surface area contributed by atoms with E-state index in [9.17, 15) is 4.79 Å². The van der Waals surface area contributed by atoms with E-state index < -0.39 is 0 Å². The van der Waals surface area contributed by atoms with Crippen LogP contribution in [0.4, 0.5) is 0 Å². The Kier molecular flexibility index (Phi) is 4.99. The second-order valence-electron chi connectivity index (χ2n) is 5.37. The second kappa shape index (κ2) is 7.34. The molecule has 122 valence electrons. The van der Waals surface area contributed by atoms with E-state index in [4.69, 9.17) is 9.47 Å². The number of rotatable bonds is 5. The molecule has 23 heavy (non-hydrogen) atoms. The molecule has 0 spiro atoms. The van der Waals surface area contributed by atoms with Gasteiger partial charge >= 0.3 is 0 Å². The van der Waals surface area contributed by atoms with Gasteiger partial charge in [-0.2, -0.15) is 5.10 Å². The van der Waals surface area contributed by atoms with Gasteiger partial charge in [0.1, 0.15) is 0 Å². The third-order valence-corrected chi connectivity index (χ3v) is 3.85. The van der Waals surface area contributed by atoms with Crippen LogP contribution < -0.4 is 0 Å². The lowest BCUT2D eigenvalue weighted by Crippen LogP contribution is -2.46. The lowest BCUT2D eigenvalue weighted by molar-refractivity contribution is -0.0332. The first-order chi connectivity index (χ1) is 11.3. The first-order valence-corrected chi connectivity index (χ1v) is 7.63. The summed E-state index contributed by atoms with van der Waals surface area (Å²) in [6.45, 7) is 2.33. The van der Waals surface area contributed by atoms with Crippen molar-refractivity contribution in [1.82, 2.24) is 19.7 Å². The number of amides is 1. The maximum Gasteiger partial charge on any atom is 0.256 e. The van der Waals surface area contributed by atoms with Gasteiger partial charge in [0.15, 0.2) is 0 Å². The number of ether oxygens (including phenoxy) is 2. The van der Waals surface area contributed by atoms with Gasteiger partial charge in [-0.05, 0) is 18.6 Å². The summed E-state index contributed by atoms with van der Waals surface area (Å²) in [5, 5.41) is 4.19. The van der Waals surface area contributed by atoms with Crippen LogP contribution in [0.2, 0.25) is 0 Å². The van der Waals surface area contributed by atoms with Gasteiger partial charge in [0.25, 0.3) is 5.91 Å².